The highest BCUT2D eigenvalue weighted by Gasteiger charge is 2.13. The molecule has 0 aliphatic carbocycles. The smallest absolute Gasteiger partial charge is 0.242 e. The van der Waals surface area contributed by atoms with E-state index in [-0.39, 0.29) is 5.91 Å². The Balaban J connectivity index is 2.40. The third kappa shape index (κ3) is 5.20. The highest BCUT2D eigenvalue weighted by atomic mass is 79.9. The molecular formula is C10H15BrN4O2. The molecule has 1 aromatic rings. The lowest BCUT2D eigenvalue weighted by Crippen LogP contribution is -2.36. The number of aromatic nitrogens is 2. The predicted octanol–water partition coefficient (Wildman–Crippen LogP) is 0.932. The number of amides is 1. The molecule has 1 atom stereocenters. The van der Waals surface area contributed by atoms with Crippen LogP contribution in [0.25, 0.3) is 0 Å². The number of carbonyl (C=O) groups is 1. The number of halogens is 1. The molecule has 0 saturated heterocycles. The zero-order valence-corrected chi connectivity index (χ0v) is 11.1. The summed E-state index contributed by atoms with van der Waals surface area (Å²) in [6.07, 6.45) is 4.29. The minimum absolute atomic E-state index is 0.266. The Kier molecular flexibility index (Phi) is 6.03. The number of anilines is 1. The average molecular weight is 303 g/mol. The van der Waals surface area contributed by atoms with E-state index in [4.69, 9.17) is 10.5 Å². The highest BCUT2D eigenvalue weighted by molar-refractivity contribution is 9.10. The van der Waals surface area contributed by atoms with Crippen LogP contribution in [0.4, 0.5) is 5.82 Å². The third-order valence-corrected chi connectivity index (χ3v) is 2.48. The Bertz CT molecular complexity index is 358. The highest BCUT2D eigenvalue weighted by Crippen LogP contribution is 2.07. The first-order valence-corrected chi connectivity index (χ1v) is 5.95. The first kappa shape index (κ1) is 14.0. The van der Waals surface area contributed by atoms with Crippen LogP contribution in [-0.2, 0) is 9.53 Å². The van der Waals surface area contributed by atoms with Gasteiger partial charge in [-0.05, 0) is 28.8 Å². The fourth-order valence-corrected chi connectivity index (χ4v) is 1.38. The zero-order chi connectivity index (χ0) is 12.7. The summed E-state index contributed by atoms with van der Waals surface area (Å²) in [7, 11) is 1.61. The molecule has 0 bridgehead atoms. The Hall–Kier alpha value is -1.05. The van der Waals surface area contributed by atoms with Crippen molar-refractivity contribution < 1.29 is 9.53 Å². The van der Waals surface area contributed by atoms with E-state index in [1.807, 2.05) is 0 Å². The maximum atomic E-state index is 11.6. The molecule has 17 heavy (non-hydrogen) atoms. The molecule has 0 aliphatic heterocycles. The summed E-state index contributed by atoms with van der Waals surface area (Å²) in [6.45, 7) is 0.596. The van der Waals surface area contributed by atoms with Crippen molar-refractivity contribution in [1.82, 2.24) is 9.97 Å². The summed E-state index contributed by atoms with van der Waals surface area (Å²) in [6, 6.07) is -0.560. The number of nitrogens with zero attached hydrogens (tertiary/aromatic N) is 2. The van der Waals surface area contributed by atoms with Gasteiger partial charge < -0.3 is 15.8 Å². The standard InChI is InChI=1S/C10H15BrN4O2/c1-17-4-2-3-7(12)10(16)15-9-6-13-8(11)5-14-9/h5-7H,2-4,12H2,1H3,(H,14,15,16). The van der Waals surface area contributed by atoms with Gasteiger partial charge in [-0.1, -0.05) is 0 Å². The van der Waals surface area contributed by atoms with Crippen molar-refractivity contribution in [2.75, 3.05) is 19.0 Å². The second-order valence-corrected chi connectivity index (χ2v) is 4.27. The van der Waals surface area contributed by atoms with Crippen LogP contribution in [0.15, 0.2) is 17.0 Å². The number of nitrogens with one attached hydrogen (secondary N) is 1. The van der Waals surface area contributed by atoms with Crippen LogP contribution in [0.3, 0.4) is 0 Å². The van der Waals surface area contributed by atoms with Gasteiger partial charge in [0.15, 0.2) is 5.82 Å². The average Bonchev–Trinajstić information content (AvgIpc) is 2.32. The van der Waals surface area contributed by atoms with Crippen molar-refractivity contribution in [1.29, 1.82) is 0 Å². The molecular weight excluding hydrogens is 288 g/mol. The van der Waals surface area contributed by atoms with E-state index in [1.165, 1.54) is 12.4 Å². The van der Waals surface area contributed by atoms with Gasteiger partial charge in [-0.3, -0.25) is 4.79 Å². The minimum Gasteiger partial charge on any atom is -0.385 e. The maximum Gasteiger partial charge on any atom is 0.242 e. The number of nitrogens with two attached hydrogens (primary N) is 1. The molecule has 0 aromatic carbocycles. The quantitative estimate of drug-likeness (QED) is 0.763. The van der Waals surface area contributed by atoms with Crippen molar-refractivity contribution in [3.8, 4) is 0 Å². The molecule has 1 unspecified atom stereocenters. The molecule has 1 amide bonds. The Morgan fingerprint density at radius 2 is 2.35 bits per heavy atom. The SMILES string of the molecule is COCCCC(N)C(=O)Nc1cnc(Br)cn1. The van der Waals surface area contributed by atoms with Crippen LogP contribution in [0, 0.1) is 0 Å². The lowest BCUT2D eigenvalue weighted by molar-refractivity contribution is -0.117. The van der Waals surface area contributed by atoms with E-state index >= 15 is 0 Å². The number of carbonyl (C=O) groups excluding carboxylic acids is 1. The molecule has 1 heterocycles. The van der Waals surface area contributed by atoms with Gasteiger partial charge in [0.05, 0.1) is 18.4 Å². The van der Waals surface area contributed by atoms with Crippen molar-refractivity contribution in [2.45, 2.75) is 18.9 Å². The van der Waals surface area contributed by atoms with E-state index in [0.29, 0.717) is 23.4 Å². The zero-order valence-electron chi connectivity index (χ0n) is 9.52. The largest absolute Gasteiger partial charge is 0.385 e. The third-order valence-electron chi connectivity index (χ3n) is 2.07. The fourth-order valence-electron chi connectivity index (χ4n) is 1.17. The second-order valence-electron chi connectivity index (χ2n) is 3.46. The summed E-state index contributed by atoms with van der Waals surface area (Å²) in [5, 5.41) is 2.60. The summed E-state index contributed by atoms with van der Waals surface area (Å²) in [4.78, 5) is 19.6. The van der Waals surface area contributed by atoms with Gasteiger partial charge in [-0.25, -0.2) is 9.97 Å². The van der Waals surface area contributed by atoms with Gasteiger partial charge >= 0.3 is 0 Å². The number of hydrogen-bond donors (Lipinski definition) is 2. The molecule has 1 aromatic heterocycles. The monoisotopic (exact) mass is 302 g/mol. The topological polar surface area (TPSA) is 90.1 Å². The molecule has 7 heteroatoms. The molecule has 0 spiro atoms. The first-order valence-electron chi connectivity index (χ1n) is 5.16. The maximum absolute atomic E-state index is 11.6. The van der Waals surface area contributed by atoms with Gasteiger partial charge in [0, 0.05) is 13.7 Å². The normalized spacial score (nSPS) is 12.2. The van der Waals surface area contributed by atoms with Crippen LogP contribution >= 0.6 is 15.9 Å². The van der Waals surface area contributed by atoms with Crippen LogP contribution in [-0.4, -0.2) is 35.6 Å². The molecule has 3 N–H and O–H groups in total. The fraction of sp³-hybridized carbons (Fsp3) is 0.500. The van der Waals surface area contributed by atoms with E-state index in [0.717, 1.165) is 6.42 Å². The van der Waals surface area contributed by atoms with Crippen molar-refractivity contribution in [3.05, 3.63) is 17.0 Å². The summed E-state index contributed by atoms with van der Waals surface area (Å²) in [5.74, 6) is 0.123. The van der Waals surface area contributed by atoms with E-state index in [1.54, 1.807) is 7.11 Å². The first-order chi connectivity index (χ1) is 8.13. The summed E-state index contributed by atoms with van der Waals surface area (Å²) < 4.78 is 5.50. The lowest BCUT2D eigenvalue weighted by atomic mass is 10.1. The van der Waals surface area contributed by atoms with E-state index in [2.05, 4.69) is 31.2 Å². The van der Waals surface area contributed by atoms with Crippen LogP contribution < -0.4 is 11.1 Å². The predicted molar refractivity (Wildman–Crippen MR) is 67.4 cm³/mol. The van der Waals surface area contributed by atoms with E-state index < -0.39 is 6.04 Å². The van der Waals surface area contributed by atoms with Crippen molar-refractivity contribution in [2.24, 2.45) is 5.73 Å². The van der Waals surface area contributed by atoms with Crippen molar-refractivity contribution in [3.63, 3.8) is 0 Å². The van der Waals surface area contributed by atoms with Crippen LogP contribution in [0.1, 0.15) is 12.8 Å². The number of methoxy groups -OCH3 is 1. The Morgan fingerprint density at radius 1 is 1.59 bits per heavy atom. The second kappa shape index (κ2) is 7.31. The van der Waals surface area contributed by atoms with Gasteiger partial charge in [0.1, 0.15) is 4.60 Å². The number of ether oxygens (including phenoxy) is 1. The van der Waals surface area contributed by atoms with Crippen LogP contribution in [0.5, 0.6) is 0 Å². The molecule has 0 radical (unpaired) electrons. The van der Waals surface area contributed by atoms with Crippen molar-refractivity contribution >= 4 is 27.7 Å². The molecule has 1 rings (SSSR count). The minimum atomic E-state index is -0.560. The summed E-state index contributed by atoms with van der Waals surface area (Å²) >= 11 is 3.16. The van der Waals surface area contributed by atoms with Gasteiger partial charge in [0.2, 0.25) is 5.91 Å². The Labute approximate surface area is 108 Å². The summed E-state index contributed by atoms with van der Waals surface area (Å²) in [5.41, 5.74) is 5.71. The molecule has 0 fully saturated rings. The molecule has 0 saturated carbocycles. The number of rotatable bonds is 6. The molecule has 94 valence electrons. The van der Waals surface area contributed by atoms with Gasteiger partial charge in [-0.2, -0.15) is 0 Å². The van der Waals surface area contributed by atoms with E-state index in [9.17, 15) is 4.79 Å². The molecule has 6 nitrogen and oxygen atoms in total. The number of hydrogen-bond acceptors (Lipinski definition) is 5. The van der Waals surface area contributed by atoms with Crippen LogP contribution in [0.2, 0.25) is 0 Å². The molecule has 0 aliphatic rings. The van der Waals surface area contributed by atoms with Gasteiger partial charge in [-0.15, -0.1) is 0 Å². The Morgan fingerprint density at radius 3 is 2.94 bits per heavy atom. The van der Waals surface area contributed by atoms with Gasteiger partial charge in [0.25, 0.3) is 0 Å². The lowest BCUT2D eigenvalue weighted by Gasteiger charge is -2.11.